The highest BCUT2D eigenvalue weighted by Gasteiger charge is 2.34. The van der Waals surface area contributed by atoms with Crippen LogP contribution in [0.3, 0.4) is 0 Å². The molecule has 8 heteroatoms. The summed E-state index contributed by atoms with van der Waals surface area (Å²) in [4.78, 5) is 15.7. The van der Waals surface area contributed by atoms with E-state index in [1.54, 1.807) is 5.38 Å². The van der Waals surface area contributed by atoms with Crippen molar-refractivity contribution >= 4 is 28.1 Å². The second kappa shape index (κ2) is 5.49. The number of thiazole rings is 1. The predicted octanol–water partition coefficient (Wildman–Crippen LogP) is 3.46. The maximum atomic E-state index is 12.9. The summed E-state index contributed by atoms with van der Waals surface area (Å²) in [5, 5.41) is 6.88. The van der Waals surface area contributed by atoms with Crippen molar-refractivity contribution in [3.63, 3.8) is 0 Å². The summed E-state index contributed by atoms with van der Waals surface area (Å²) in [6.45, 7) is 0. The number of alkyl halides is 3. The predicted molar refractivity (Wildman–Crippen MR) is 71.1 cm³/mol. The Bertz CT molecular complexity index is 611. The van der Waals surface area contributed by atoms with Crippen LogP contribution in [-0.2, 0) is 6.18 Å². The van der Waals surface area contributed by atoms with Gasteiger partial charge in [-0.2, -0.15) is 13.2 Å². The largest absolute Gasteiger partial charge is 0.418 e. The van der Waals surface area contributed by atoms with Gasteiger partial charge in [-0.05, 0) is 18.2 Å². The third kappa shape index (κ3) is 3.08. The maximum absolute atomic E-state index is 12.9. The van der Waals surface area contributed by atoms with E-state index in [1.807, 2.05) is 0 Å². The Morgan fingerprint density at radius 3 is 2.65 bits per heavy atom. The van der Waals surface area contributed by atoms with Crippen molar-refractivity contribution in [3.05, 3.63) is 40.9 Å². The first-order chi connectivity index (χ1) is 9.41. The molecule has 0 radical (unpaired) electrons. The van der Waals surface area contributed by atoms with Crippen molar-refractivity contribution in [2.24, 2.45) is 0 Å². The number of amides is 1. The van der Waals surface area contributed by atoms with Crippen LogP contribution >= 0.6 is 11.3 Å². The summed E-state index contributed by atoms with van der Waals surface area (Å²) < 4.78 is 38.6. The van der Waals surface area contributed by atoms with E-state index in [2.05, 4.69) is 15.6 Å². The SMILES string of the molecule is CNc1ccc(C(=O)Nc2nccs2)cc1C(F)(F)F. The van der Waals surface area contributed by atoms with E-state index in [9.17, 15) is 18.0 Å². The molecule has 1 aromatic heterocycles. The quantitative estimate of drug-likeness (QED) is 0.913. The number of hydrogen-bond acceptors (Lipinski definition) is 4. The van der Waals surface area contributed by atoms with Crippen LogP contribution in [0.25, 0.3) is 0 Å². The molecule has 0 unspecified atom stereocenters. The van der Waals surface area contributed by atoms with Crippen LogP contribution < -0.4 is 10.6 Å². The Hall–Kier alpha value is -2.09. The average molecular weight is 301 g/mol. The first-order valence-corrected chi connectivity index (χ1v) is 6.39. The number of carbonyl (C=O) groups is 1. The molecule has 1 amide bonds. The Balaban J connectivity index is 2.31. The molecule has 4 nitrogen and oxygen atoms in total. The first kappa shape index (κ1) is 14.3. The van der Waals surface area contributed by atoms with E-state index in [0.717, 1.165) is 6.07 Å². The highest BCUT2D eigenvalue weighted by molar-refractivity contribution is 7.13. The van der Waals surface area contributed by atoms with Gasteiger partial charge in [-0.3, -0.25) is 10.1 Å². The van der Waals surface area contributed by atoms with Crippen molar-refractivity contribution in [2.45, 2.75) is 6.18 Å². The number of nitrogens with one attached hydrogen (secondary N) is 2. The molecule has 0 aliphatic heterocycles. The summed E-state index contributed by atoms with van der Waals surface area (Å²) in [5.74, 6) is -0.631. The second-order valence-corrected chi connectivity index (χ2v) is 4.69. The van der Waals surface area contributed by atoms with Crippen LogP contribution in [0.15, 0.2) is 29.8 Å². The first-order valence-electron chi connectivity index (χ1n) is 5.51. The average Bonchev–Trinajstić information content (AvgIpc) is 2.89. The third-order valence-corrected chi connectivity index (χ3v) is 3.20. The molecule has 2 aromatic rings. The van der Waals surface area contributed by atoms with Gasteiger partial charge >= 0.3 is 6.18 Å². The van der Waals surface area contributed by atoms with Gasteiger partial charge in [0.15, 0.2) is 5.13 Å². The summed E-state index contributed by atoms with van der Waals surface area (Å²) in [5.41, 5.74) is -1.04. The van der Waals surface area contributed by atoms with Gasteiger partial charge in [0.1, 0.15) is 0 Å². The van der Waals surface area contributed by atoms with Crippen LogP contribution in [-0.4, -0.2) is 17.9 Å². The summed E-state index contributed by atoms with van der Waals surface area (Å²) in [7, 11) is 1.39. The molecular weight excluding hydrogens is 291 g/mol. The topological polar surface area (TPSA) is 54.0 Å². The van der Waals surface area contributed by atoms with E-state index in [4.69, 9.17) is 0 Å². The fourth-order valence-electron chi connectivity index (χ4n) is 1.59. The number of aromatic nitrogens is 1. The van der Waals surface area contributed by atoms with Gasteiger partial charge in [-0.25, -0.2) is 4.98 Å². The monoisotopic (exact) mass is 301 g/mol. The number of carbonyl (C=O) groups excluding carboxylic acids is 1. The lowest BCUT2D eigenvalue weighted by Crippen LogP contribution is -2.15. The molecule has 0 fully saturated rings. The number of benzene rings is 1. The van der Waals surface area contributed by atoms with Gasteiger partial charge in [0.05, 0.1) is 5.56 Å². The van der Waals surface area contributed by atoms with Crippen molar-refractivity contribution in [3.8, 4) is 0 Å². The van der Waals surface area contributed by atoms with Crippen LogP contribution in [0.5, 0.6) is 0 Å². The molecule has 0 bridgehead atoms. The minimum absolute atomic E-state index is 0.0773. The molecule has 0 saturated carbocycles. The number of anilines is 2. The van der Waals surface area contributed by atoms with Crippen LogP contribution in [0.2, 0.25) is 0 Å². The van der Waals surface area contributed by atoms with Crippen molar-refractivity contribution in [2.75, 3.05) is 17.7 Å². The zero-order valence-corrected chi connectivity index (χ0v) is 11.1. The van der Waals surface area contributed by atoms with Crippen LogP contribution in [0.1, 0.15) is 15.9 Å². The van der Waals surface area contributed by atoms with E-state index >= 15 is 0 Å². The smallest absolute Gasteiger partial charge is 0.388 e. The summed E-state index contributed by atoms with van der Waals surface area (Å²) >= 11 is 1.19. The van der Waals surface area contributed by atoms with Gasteiger partial charge in [0.2, 0.25) is 0 Å². The second-order valence-electron chi connectivity index (χ2n) is 3.80. The fraction of sp³-hybridized carbons (Fsp3) is 0.167. The molecule has 0 aliphatic rings. The van der Waals surface area contributed by atoms with E-state index in [1.165, 1.54) is 36.7 Å². The minimum atomic E-state index is -4.53. The van der Waals surface area contributed by atoms with Gasteiger partial charge in [0, 0.05) is 29.9 Å². The van der Waals surface area contributed by atoms with E-state index in [-0.39, 0.29) is 11.3 Å². The van der Waals surface area contributed by atoms with E-state index < -0.39 is 17.6 Å². The normalized spacial score (nSPS) is 11.2. The lowest BCUT2D eigenvalue weighted by atomic mass is 10.1. The molecule has 0 saturated heterocycles. The molecule has 20 heavy (non-hydrogen) atoms. The number of nitrogens with zero attached hydrogens (tertiary/aromatic N) is 1. The third-order valence-electron chi connectivity index (χ3n) is 2.51. The number of halogens is 3. The number of hydrogen-bond donors (Lipinski definition) is 2. The van der Waals surface area contributed by atoms with Gasteiger partial charge < -0.3 is 5.32 Å². The molecule has 1 aromatic carbocycles. The molecule has 2 N–H and O–H groups in total. The molecule has 0 atom stereocenters. The Labute approximate surface area is 116 Å². The fourth-order valence-corrected chi connectivity index (χ4v) is 2.12. The standard InChI is InChI=1S/C12H10F3N3OS/c1-16-9-3-2-7(6-8(9)12(13,14)15)10(19)18-11-17-4-5-20-11/h2-6,16H,1H3,(H,17,18,19). The number of rotatable bonds is 3. The zero-order chi connectivity index (χ0) is 14.8. The molecule has 2 rings (SSSR count). The van der Waals surface area contributed by atoms with Crippen molar-refractivity contribution < 1.29 is 18.0 Å². The molecule has 0 aliphatic carbocycles. The highest BCUT2D eigenvalue weighted by Crippen LogP contribution is 2.35. The Morgan fingerprint density at radius 1 is 1.35 bits per heavy atom. The molecule has 1 heterocycles. The van der Waals surface area contributed by atoms with E-state index in [0.29, 0.717) is 5.13 Å². The summed E-state index contributed by atoms with van der Waals surface area (Å²) in [6, 6.07) is 3.36. The Kier molecular flexibility index (Phi) is 3.93. The Morgan fingerprint density at radius 2 is 2.10 bits per heavy atom. The van der Waals surface area contributed by atoms with Gasteiger partial charge in [-0.1, -0.05) is 0 Å². The van der Waals surface area contributed by atoms with Gasteiger partial charge in [-0.15, -0.1) is 11.3 Å². The van der Waals surface area contributed by atoms with Crippen LogP contribution in [0, 0.1) is 0 Å². The van der Waals surface area contributed by atoms with Crippen molar-refractivity contribution in [1.82, 2.24) is 4.98 Å². The van der Waals surface area contributed by atoms with Crippen LogP contribution in [0.4, 0.5) is 24.0 Å². The molecule has 106 valence electrons. The van der Waals surface area contributed by atoms with Gasteiger partial charge in [0.25, 0.3) is 5.91 Å². The van der Waals surface area contributed by atoms with Crippen molar-refractivity contribution in [1.29, 1.82) is 0 Å². The maximum Gasteiger partial charge on any atom is 0.418 e. The lowest BCUT2D eigenvalue weighted by Gasteiger charge is -2.13. The zero-order valence-electron chi connectivity index (χ0n) is 10.3. The minimum Gasteiger partial charge on any atom is -0.388 e. The summed E-state index contributed by atoms with van der Waals surface area (Å²) in [6.07, 6.45) is -3.04. The molecule has 0 spiro atoms. The lowest BCUT2D eigenvalue weighted by molar-refractivity contribution is -0.136. The highest BCUT2D eigenvalue weighted by atomic mass is 32.1. The molecular formula is C12H10F3N3OS.